The van der Waals surface area contributed by atoms with Crippen LogP contribution in [0.5, 0.6) is 0 Å². The van der Waals surface area contributed by atoms with Crippen LogP contribution >= 0.6 is 15.9 Å². The van der Waals surface area contributed by atoms with Gasteiger partial charge < -0.3 is 14.6 Å². The van der Waals surface area contributed by atoms with Crippen molar-refractivity contribution in [1.29, 1.82) is 0 Å². The van der Waals surface area contributed by atoms with Crippen molar-refractivity contribution in [2.45, 2.75) is 32.7 Å². The molecule has 1 N–H and O–H groups in total. The van der Waals surface area contributed by atoms with E-state index in [0.29, 0.717) is 23.3 Å². The fourth-order valence-electron chi connectivity index (χ4n) is 2.33. The van der Waals surface area contributed by atoms with E-state index in [1.165, 1.54) is 6.26 Å². The molecule has 1 aromatic heterocycles. The van der Waals surface area contributed by atoms with E-state index in [-0.39, 0.29) is 23.8 Å². The van der Waals surface area contributed by atoms with Gasteiger partial charge in [0.25, 0.3) is 5.91 Å². The molecular weight excluding hydrogens is 324 g/mol. The lowest BCUT2D eigenvalue weighted by molar-refractivity contribution is -0.135. The molecule has 0 aliphatic carbocycles. The van der Waals surface area contributed by atoms with Gasteiger partial charge in [0.15, 0.2) is 4.67 Å². The summed E-state index contributed by atoms with van der Waals surface area (Å²) in [7, 11) is 0. The van der Waals surface area contributed by atoms with Crippen LogP contribution in [0, 0.1) is 5.92 Å². The molecule has 0 bridgehead atoms. The van der Waals surface area contributed by atoms with Gasteiger partial charge in [-0.1, -0.05) is 13.8 Å². The number of amides is 2. The Morgan fingerprint density at radius 1 is 1.40 bits per heavy atom. The molecule has 0 spiro atoms. The Balaban J connectivity index is 1.84. The zero-order valence-electron chi connectivity index (χ0n) is 11.7. The van der Waals surface area contributed by atoms with Gasteiger partial charge in [0.2, 0.25) is 5.91 Å². The second kappa shape index (κ2) is 6.43. The Hall–Kier alpha value is -1.30. The summed E-state index contributed by atoms with van der Waals surface area (Å²) in [5.74, 6) is 0.0784. The molecule has 0 atom stereocenters. The van der Waals surface area contributed by atoms with Crippen molar-refractivity contribution < 1.29 is 14.0 Å². The van der Waals surface area contributed by atoms with Crippen LogP contribution in [0.2, 0.25) is 0 Å². The third-order valence-corrected chi connectivity index (χ3v) is 4.11. The third kappa shape index (κ3) is 3.42. The topological polar surface area (TPSA) is 62.6 Å². The molecular formula is C14H19BrN2O3. The Labute approximate surface area is 126 Å². The predicted octanol–water partition coefficient (Wildman–Crippen LogP) is 2.42. The first-order valence-electron chi connectivity index (χ1n) is 6.81. The van der Waals surface area contributed by atoms with Gasteiger partial charge in [0, 0.05) is 25.0 Å². The highest BCUT2D eigenvalue weighted by molar-refractivity contribution is 9.10. The van der Waals surface area contributed by atoms with Crippen LogP contribution in [-0.4, -0.2) is 35.8 Å². The van der Waals surface area contributed by atoms with E-state index in [9.17, 15) is 9.59 Å². The largest absolute Gasteiger partial charge is 0.457 e. The summed E-state index contributed by atoms with van der Waals surface area (Å²) in [6.07, 6.45) is 3.06. The summed E-state index contributed by atoms with van der Waals surface area (Å²) in [4.78, 5) is 25.8. The van der Waals surface area contributed by atoms with Gasteiger partial charge in [0.1, 0.15) is 0 Å². The fraction of sp³-hybridized carbons (Fsp3) is 0.571. The number of likely N-dealkylation sites (tertiary alicyclic amines) is 1. The zero-order chi connectivity index (χ0) is 14.7. The molecule has 1 fully saturated rings. The van der Waals surface area contributed by atoms with Gasteiger partial charge in [-0.25, -0.2) is 0 Å². The van der Waals surface area contributed by atoms with Crippen LogP contribution in [0.3, 0.4) is 0 Å². The summed E-state index contributed by atoms with van der Waals surface area (Å²) in [5.41, 5.74) is 0.505. The summed E-state index contributed by atoms with van der Waals surface area (Å²) in [6, 6.07) is 1.75. The van der Waals surface area contributed by atoms with E-state index in [0.717, 1.165) is 12.8 Å². The highest BCUT2D eigenvalue weighted by Crippen LogP contribution is 2.19. The van der Waals surface area contributed by atoms with Gasteiger partial charge in [-0.15, -0.1) is 0 Å². The van der Waals surface area contributed by atoms with Crippen molar-refractivity contribution in [3.05, 3.63) is 22.6 Å². The minimum Gasteiger partial charge on any atom is -0.457 e. The van der Waals surface area contributed by atoms with Gasteiger partial charge >= 0.3 is 0 Å². The van der Waals surface area contributed by atoms with E-state index in [4.69, 9.17) is 4.42 Å². The highest BCUT2D eigenvalue weighted by Gasteiger charge is 2.26. The fourth-order valence-corrected chi connectivity index (χ4v) is 2.75. The van der Waals surface area contributed by atoms with Crippen molar-refractivity contribution in [2.24, 2.45) is 5.92 Å². The lowest BCUT2D eigenvalue weighted by Crippen LogP contribution is -2.47. The number of nitrogens with zero attached hydrogens (tertiary/aromatic N) is 1. The van der Waals surface area contributed by atoms with Crippen molar-refractivity contribution in [3.8, 4) is 0 Å². The molecule has 6 heteroatoms. The number of furan rings is 1. The molecule has 2 rings (SSSR count). The highest BCUT2D eigenvalue weighted by atomic mass is 79.9. The number of carbonyl (C=O) groups excluding carboxylic acids is 2. The number of carbonyl (C=O) groups is 2. The number of nitrogens with one attached hydrogen (secondary N) is 1. The molecule has 1 saturated heterocycles. The quantitative estimate of drug-likeness (QED) is 0.917. The summed E-state index contributed by atoms with van der Waals surface area (Å²) < 4.78 is 5.50. The van der Waals surface area contributed by atoms with Crippen LogP contribution in [0.25, 0.3) is 0 Å². The molecule has 110 valence electrons. The van der Waals surface area contributed by atoms with E-state index in [1.54, 1.807) is 6.07 Å². The second-order valence-corrected chi connectivity index (χ2v) is 6.06. The Morgan fingerprint density at radius 3 is 2.55 bits per heavy atom. The zero-order valence-corrected chi connectivity index (χ0v) is 13.3. The summed E-state index contributed by atoms with van der Waals surface area (Å²) >= 11 is 3.20. The maximum atomic E-state index is 12.0. The Kier molecular flexibility index (Phi) is 4.86. The molecule has 0 unspecified atom stereocenters. The molecule has 1 aromatic rings. The first kappa shape index (κ1) is 15.1. The van der Waals surface area contributed by atoms with Crippen molar-refractivity contribution in [2.75, 3.05) is 13.1 Å². The van der Waals surface area contributed by atoms with E-state index >= 15 is 0 Å². The predicted molar refractivity (Wildman–Crippen MR) is 78.3 cm³/mol. The first-order chi connectivity index (χ1) is 9.49. The van der Waals surface area contributed by atoms with Crippen LogP contribution in [0.1, 0.15) is 37.0 Å². The molecule has 0 saturated carbocycles. The Bertz CT molecular complexity index is 490. The summed E-state index contributed by atoms with van der Waals surface area (Å²) in [6.45, 7) is 5.22. The molecule has 20 heavy (non-hydrogen) atoms. The monoisotopic (exact) mass is 342 g/mol. The number of piperidine rings is 1. The van der Waals surface area contributed by atoms with Crippen molar-refractivity contribution in [3.63, 3.8) is 0 Å². The van der Waals surface area contributed by atoms with Crippen LogP contribution in [0.4, 0.5) is 0 Å². The summed E-state index contributed by atoms with van der Waals surface area (Å²) in [5, 5.41) is 2.98. The molecule has 5 nitrogen and oxygen atoms in total. The van der Waals surface area contributed by atoms with E-state index in [2.05, 4.69) is 21.2 Å². The molecule has 1 aliphatic rings. The third-order valence-electron chi connectivity index (χ3n) is 3.50. The SMILES string of the molecule is CC(C)C(=O)N1CCC(NC(=O)c2ccoc2Br)CC1. The van der Waals surface area contributed by atoms with Gasteiger partial charge in [-0.2, -0.15) is 0 Å². The maximum absolute atomic E-state index is 12.0. The van der Waals surface area contributed by atoms with Gasteiger partial charge in [-0.3, -0.25) is 9.59 Å². The van der Waals surface area contributed by atoms with Gasteiger partial charge in [-0.05, 0) is 34.8 Å². The molecule has 1 aliphatic heterocycles. The lowest BCUT2D eigenvalue weighted by Gasteiger charge is -2.33. The average Bonchev–Trinajstić information content (AvgIpc) is 2.85. The lowest BCUT2D eigenvalue weighted by atomic mass is 10.0. The van der Waals surface area contributed by atoms with Crippen LogP contribution in [-0.2, 0) is 4.79 Å². The second-order valence-electron chi connectivity index (χ2n) is 5.34. The smallest absolute Gasteiger partial charge is 0.255 e. The maximum Gasteiger partial charge on any atom is 0.255 e. The van der Waals surface area contributed by atoms with Crippen molar-refractivity contribution >= 4 is 27.7 Å². The van der Waals surface area contributed by atoms with E-state index < -0.39 is 0 Å². The number of hydrogen-bond acceptors (Lipinski definition) is 3. The number of hydrogen-bond donors (Lipinski definition) is 1. The molecule has 2 amide bonds. The molecule has 0 radical (unpaired) electrons. The molecule has 0 aromatic carbocycles. The number of halogens is 1. The van der Waals surface area contributed by atoms with E-state index in [1.807, 2.05) is 18.7 Å². The first-order valence-corrected chi connectivity index (χ1v) is 7.61. The van der Waals surface area contributed by atoms with Crippen LogP contribution in [0.15, 0.2) is 21.4 Å². The standard InChI is InChI=1S/C14H19BrN2O3/c1-9(2)14(19)17-6-3-10(4-7-17)16-13(18)11-5-8-20-12(11)15/h5,8-10H,3-4,6-7H2,1-2H3,(H,16,18). The minimum absolute atomic E-state index is 0.0306. The van der Waals surface area contributed by atoms with Crippen LogP contribution < -0.4 is 5.32 Å². The number of rotatable bonds is 3. The minimum atomic E-state index is -0.140. The van der Waals surface area contributed by atoms with Crippen molar-refractivity contribution in [1.82, 2.24) is 10.2 Å². The Morgan fingerprint density at radius 2 is 2.05 bits per heavy atom. The molecule has 2 heterocycles. The van der Waals surface area contributed by atoms with Gasteiger partial charge in [0.05, 0.1) is 11.8 Å². The average molecular weight is 343 g/mol. The normalized spacial score (nSPS) is 16.5.